The highest BCUT2D eigenvalue weighted by Gasteiger charge is 2.40. The maximum absolute atomic E-state index is 13.6. The number of likely N-dealkylation sites (tertiary alicyclic amines) is 1. The lowest BCUT2D eigenvalue weighted by Gasteiger charge is -2.44. The Balaban J connectivity index is 1.38. The van der Waals surface area contributed by atoms with Crippen LogP contribution in [0, 0.1) is 6.92 Å². The number of amides is 2. The number of benzene rings is 2. The molecule has 172 valence electrons. The minimum Gasteiger partial charge on any atom is -0.339 e. The lowest BCUT2D eigenvalue weighted by Crippen LogP contribution is -2.50. The van der Waals surface area contributed by atoms with Crippen molar-refractivity contribution in [3.63, 3.8) is 0 Å². The topological polar surface area (TPSA) is 40.6 Å². The van der Waals surface area contributed by atoms with Crippen LogP contribution in [0.15, 0.2) is 53.4 Å². The molecule has 2 saturated heterocycles. The number of thioether (sulfide) groups is 1. The molecule has 3 fully saturated rings. The molecule has 3 aliphatic rings. The van der Waals surface area contributed by atoms with Gasteiger partial charge in [-0.25, -0.2) is 0 Å². The zero-order chi connectivity index (χ0) is 22.8. The van der Waals surface area contributed by atoms with Crippen molar-refractivity contribution in [2.75, 3.05) is 13.1 Å². The molecule has 0 bridgehead atoms. The first-order valence-electron chi connectivity index (χ1n) is 12.2. The summed E-state index contributed by atoms with van der Waals surface area (Å²) in [5.74, 6) is 0.257. The van der Waals surface area contributed by atoms with Crippen molar-refractivity contribution >= 4 is 29.7 Å². The Labute approximate surface area is 201 Å². The molecule has 0 spiro atoms. The molecule has 5 heteroatoms. The molecule has 2 amide bonds. The van der Waals surface area contributed by atoms with Crippen LogP contribution in [-0.2, 0) is 11.3 Å². The van der Waals surface area contributed by atoms with E-state index in [2.05, 4.69) is 36.1 Å². The second kappa shape index (κ2) is 9.76. The average molecular weight is 461 g/mol. The van der Waals surface area contributed by atoms with E-state index in [1.165, 1.54) is 24.0 Å². The van der Waals surface area contributed by atoms with E-state index in [4.69, 9.17) is 0 Å². The molecule has 33 heavy (non-hydrogen) atoms. The molecular formula is C28H32N2O2S. The van der Waals surface area contributed by atoms with Crippen LogP contribution in [0.25, 0.3) is 6.08 Å². The van der Waals surface area contributed by atoms with Crippen molar-refractivity contribution in [1.29, 1.82) is 0 Å². The summed E-state index contributed by atoms with van der Waals surface area (Å²) < 4.78 is 0. The Morgan fingerprint density at radius 2 is 1.73 bits per heavy atom. The Kier molecular flexibility index (Phi) is 6.59. The van der Waals surface area contributed by atoms with Crippen LogP contribution >= 0.6 is 11.8 Å². The monoisotopic (exact) mass is 460 g/mol. The van der Waals surface area contributed by atoms with E-state index in [1.807, 2.05) is 35.2 Å². The minimum atomic E-state index is 0.115. The van der Waals surface area contributed by atoms with Crippen LogP contribution in [0.5, 0.6) is 0 Å². The highest BCUT2D eigenvalue weighted by Crippen LogP contribution is 2.42. The molecule has 2 unspecified atom stereocenters. The Morgan fingerprint density at radius 3 is 2.48 bits per heavy atom. The van der Waals surface area contributed by atoms with Gasteiger partial charge in [-0.2, -0.15) is 0 Å². The molecule has 4 nitrogen and oxygen atoms in total. The molecule has 1 saturated carbocycles. The molecule has 5 rings (SSSR count). The van der Waals surface area contributed by atoms with Crippen LogP contribution in [0.2, 0.25) is 0 Å². The van der Waals surface area contributed by atoms with Gasteiger partial charge in [0.2, 0.25) is 0 Å². The normalized spacial score (nSPS) is 24.3. The lowest BCUT2D eigenvalue weighted by molar-refractivity contribution is -0.130. The van der Waals surface area contributed by atoms with Crippen LogP contribution in [0.1, 0.15) is 65.6 Å². The fourth-order valence-corrected chi connectivity index (χ4v) is 6.78. The molecule has 0 N–H and O–H groups in total. The smallest absolute Gasteiger partial charge is 0.260 e. The minimum absolute atomic E-state index is 0.115. The predicted molar refractivity (Wildman–Crippen MR) is 135 cm³/mol. The number of nitrogens with zero attached hydrogens (tertiary/aromatic N) is 2. The van der Waals surface area contributed by atoms with E-state index in [-0.39, 0.29) is 11.8 Å². The van der Waals surface area contributed by atoms with E-state index in [0.29, 0.717) is 17.8 Å². The van der Waals surface area contributed by atoms with Crippen molar-refractivity contribution in [1.82, 2.24) is 9.80 Å². The zero-order valence-corrected chi connectivity index (χ0v) is 20.2. The van der Waals surface area contributed by atoms with Crippen molar-refractivity contribution in [3.05, 3.63) is 75.7 Å². The van der Waals surface area contributed by atoms with Crippen LogP contribution in [-0.4, -0.2) is 46.0 Å². The van der Waals surface area contributed by atoms with Crippen molar-refractivity contribution in [3.8, 4) is 0 Å². The number of hydrogen-bond donors (Lipinski definition) is 0. The van der Waals surface area contributed by atoms with E-state index >= 15 is 0 Å². The quantitative estimate of drug-likeness (QED) is 0.553. The van der Waals surface area contributed by atoms with Gasteiger partial charge in [0, 0.05) is 36.5 Å². The number of carbonyl (C=O) groups is 2. The van der Waals surface area contributed by atoms with E-state index in [9.17, 15) is 9.59 Å². The summed E-state index contributed by atoms with van der Waals surface area (Å²) in [6, 6.07) is 16.4. The molecular weight excluding hydrogens is 428 g/mol. The molecule has 1 aliphatic carbocycles. The van der Waals surface area contributed by atoms with Gasteiger partial charge in [-0.1, -0.05) is 49.2 Å². The van der Waals surface area contributed by atoms with Gasteiger partial charge in [-0.3, -0.25) is 9.59 Å². The van der Waals surface area contributed by atoms with E-state index < -0.39 is 0 Å². The zero-order valence-electron chi connectivity index (χ0n) is 19.3. The van der Waals surface area contributed by atoms with Gasteiger partial charge in [0.15, 0.2) is 0 Å². The molecule has 0 radical (unpaired) electrons. The molecule has 2 aromatic rings. The standard InChI is InChI=1S/C28H32N2O2S/c1-20-8-2-3-9-23(20)19-30-24-10-4-5-11-25(24)33-26(28(30)32)18-21-12-14-22(15-13-21)27(31)29-16-6-7-17-29/h2-3,8-9,12-15,18,24-25H,4-7,10-11,16-17,19H2,1H3/b26-18+. The van der Waals surface area contributed by atoms with Gasteiger partial charge >= 0.3 is 0 Å². The molecule has 2 aromatic carbocycles. The van der Waals surface area contributed by atoms with E-state index in [0.717, 1.165) is 54.8 Å². The molecule has 2 heterocycles. The van der Waals surface area contributed by atoms with Crippen LogP contribution < -0.4 is 0 Å². The van der Waals surface area contributed by atoms with Gasteiger partial charge in [0.05, 0.1) is 4.91 Å². The predicted octanol–water partition coefficient (Wildman–Crippen LogP) is 5.66. The lowest BCUT2D eigenvalue weighted by atomic mass is 9.92. The third kappa shape index (κ3) is 4.74. The van der Waals surface area contributed by atoms with Gasteiger partial charge < -0.3 is 9.80 Å². The Hall–Kier alpha value is -2.53. The fourth-order valence-electron chi connectivity index (χ4n) is 5.31. The summed E-state index contributed by atoms with van der Waals surface area (Å²) in [5.41, 5.74) is 4.18. The number of carbonyl (C=O) groups excluding carboxylic acids is 2. The first-order chi connectivity index (χ1) is 16.1. The third-order valence-electron chi connectivity index (χ3n) is 7.27. The van der Waals surface area contributed by atoms with Crippen LogP contribution in [0.3, 0.4) is 0 Å². The molecule has 2 atom stereocenters. The largest absolute Gasteiger partial charge is 0.339 e. The summed E-state index contributed by atoms with van der Waals surface area (Å²) in [5, 5.41) is 0.461. The van der Waals surface area contributed by atoms with Gasteiger partial charge in [-0.05, 0) is 67.5 Å². The van der Waals surface area contributed by atoms with Crippen LogP contribution in [0.4, 0.5) is 0 Å². The van der Waals surface area contributed by atoms with Gasteiger partial charge in [-0.15, -0.1) is 11.8 Å². The maximum atomic E-state index is 13.6. The highest BCUT2D eigenvalue weighted by molar-refractivity contribution is 8.04. The van der Waals surface area contributed by atoms with Crippen molar-refractivity contribution in [2.24, 2.45) is 0 Å². The van der Waals surface area contributed by atoms with E-state index in [1.54, 1.807) is 11.8 Å². The number of fused-ring (bicyclic) bond motifs is 1. The summed E-state index contributed by atoms with van der Waals surface area (Å²) >= 11 is 1.76. The Morgan fingerprint density at radius 1 is 1.00 bits per heavy atom. The molecule has 2 aliphatic heterocycles. The second-order valence-corrected chi connectivity index (χ2v) is 10.8. The maximum Gasteiger partial charge on any atom is 0.260 e. The Bertz CT molecular complexity index is 1060. The summed E-state index contributed by atoms with van der Waals surface area (Å²) in [7, 11) is 0. The average Bonchev–Trinajstić information content (AvgIpc) is 3.38. The van der Waals surface area contributed by atoms with Crippen molar-refractivity contribution in [2.45, 2.75) is 63.3 Å². The highest BCUT2D eigenvalue weighted by atomic mass is 32.2. The van der Waals surface area contributed by atoms with Crippen molar-refractivity contribution < 1.29 is 9.59 Å². The first-order valence-corrected chi connectivity index (χ1v) is 13.1. The first kappa shape index (κ1) is 22.3. The molecule has 0 aromatic heterocycles. The second-order valence-electron chi connectivity index (χ2n) is 9.50. The fraction of sp³-hybridized carbons (Fsp3) is 0.429. The summed E-state index contributed by atoms with van der Waals surface area (Å²) in [4.78, 5) is 31.2. The van der Waals surface area contributed by atoms with Gasteiger partial charge in [0.25, 0.3) is 11.8 Å². The number of aryl methyl sites for hydroxylation is 1. The van der Waals surface area contributed by atoms with Gasteiger partial charge in [0.1, 0.15) is 0 Å². The number of rotatable bonds is 4. The summed E-state index contributed by atoms with van der Waals surface area (Å²) in [6.07, 6.45) is 8.90. The SMILES string of the molecule is Cc1ccccc1CN1C(=O)/C(=C\c2ccc(C(=O)N3CCCC3)cc2)SC2CCCCC21. The third-order valence-corrected chi connectivity index (χ3v) is 8.67. The number of hydrogen-bond acceptors (Lipinski definition) is 3. The summed E-state index contributed by atoms with van der Waals surface area (Å²) in [6.45, 7) is 4.51.